The molecular formula is C3H3Cl2IO. The second-order valence-electron chi connectivity index (χ2n) is 0.901. The quantitative estimate of drug-likeness (QED) is 0.541. The van der Waals surface area contributed by atoms with Crippen molar-refractivity contribution in [3.63, 3.8) is 0 Å². The van der Waals surface area contributed by atoms with Gasteiger partial charge in [-0.15, -0.1) is 0 Å². The Labute approximate surface area is 65.5 Å². The fraction of sp³-hybridized carbons (Fsp3) is 0.667. The Kier molecular flexibility index (Phi) is 4.47. The molecule has 0 spiro atoms. The first-order valence-corrected chi connectivity index (χ1v) is 3.95. The molecule has 0 amide bonds. The fourth-order valence-electron chi connectivity index (χ4n) is 0.0583. The molecule has 4 heteroatoms. The van der Waals surface area contributed by atoms with E-state index in [-0.39, 0.29) is 5.78 Å². The Morgan fingerprint density at radius 3 is 2.14 bits per heavy atom. The van der Waals surface area contributed by atoms with Gasteiger partial charge in [0.1, 0.15) is 0 Å². The average molecular weight is 253 g/mol. The molecule has 0 unspecified atom stereocenters. The van der Waals surface area contributed by atoms with E-state index in [1.165, 1.54) is 0 Å². The zero-order valence-electron chi connectivity index (χ0n) is 3.33. The summed E-state index contributed by atoms with van der Waals surface area (Å²) in [5, 5.41) is 0. The second kappa shape index (κ2) is 3.92. The molecule has 0 radical (unpaired) electrons. The predicted octanol–water partition coefficient (Wildman–Crippen LogP) is 1.79. The summed E-state index contributed by atoms with van der Waals surface area (Å²) in [6.07, 6.45) is 0. The Bertz CT molecular complexity index is 73.3. The van der Waals surface area contributed by atoms with Crippen molar-refractivity contribution in [1.82, 2.24) is 0 Å². The van der Waals surface area contributed by atoms with Gasteiger partial charge in [0.2, 0.25) is 0 Å². The molecule has 0 aliphatic heterocycles. The van der Waals surface area contributed by atoms with E-state index < -0.39 is 4.84 Å². The van der Waals surface area contributed by atoms with E-state index in [2.05, 4.69) is 0 Å². The first-order valence-electron chi connectivity index (χ1n) is 1.55. The third-order valence-corrected chi connectivity index (χ3v) is 1.61. The summed E-state index contributed by atoms with van der Waals surface area (Å²) in [4.78, 5) is 9.40. The minimum absolute atomic E-state index is 0.135. The van der Waals surface area contributed by atoms with Crippen LogP contribution in [-0.4, -0.2) is 15.0 Å². The van der Waals surface area contributed by atoms with E-state index in [0.717, 1.165) is 0 Å². The Morgan fingerprint density at radius 1 is 1.71 bits per heavy atom. The summed E-state index contributed by atoms with van der Waals surface area (Å²) in [5.74, 6) is -0.135. The molecule has 0 saturated carbocycles. The molecule has 7 heavy (non-hydrogen) atoms. The predicted molar refractivity (Wildman–Crippen MR) is 39.4 cm³/mol. The number of Topliss-reactive ketones (excluding diaryl/α,β-unsaturated/α-hetero) is 1. The molecule has 0 bridgehead atoms. The highest BCUT2D eigenvalue weighted by Crippen LogP contribution is 2.03. The van der Waals surface area contributed by atoms with Crippen molar-refractivity contribution in [1.29, 1.82) is 0 Å². The summed E-state index contributed by atoms with van der Waals surface area (Å²) in [5.41, 5.74) is 0. The number of carbonyl (C=O) groups excluding carboxylic acids is 1. The molecule has 0 aromatic rings. The minimum atomic E-state index is -0.836. The second-order valence-corrected chi connectivity index (χ2v) is 2.76. The zero-order chi connectivity index (χ0) is 5.86. The van der Waals surface area contributed by atoms with Gasteiger partial charge in [-0.2, -0.15) is 0 Å². The molecule has 0 atom stereocenters. The van der Waals surface area contributed by atoms with Gasteiger partial charge in [-0.1, -0.05) is 45.8 Å². The van der Waals surface area contributed by atoms with Gasteiger partial charge in [0, 0.05) is 0 Å². The highest BCUT2D eigenvalue weighted by molar-refractivity contribution is 14.1. The molecule has 0 aliphatic rings. The van der Waals surface area contributed by atoms with Crippen LogP contribution in [0, 0.1) is 0 Å². The van der Waals surface area contributed by atoms with Crippen LogP contribution < -0.4 is 0 Å². The highest BCUT2D eigenvalue weighted by Gasteiger charge is 2.07. The summed E-state index contributed by atoms with van der Waals surface area (Å²) >= 11 is 12.2. The van der Waals surface area contributed by atoms with Crippen molar-refractivity contribution in [3.05, 3.63) is 0 Å². The fourth-order valence-corrected chi connectivity index (χ4v) is 1.17. The van der Waals surface area contributed by atoms with Crippen LogP contribution in [0.2, 0.25) is 0 Å². The number of hydrogen-bond donors (Lipinski definition) is 0. The van der Waals surface area contributed by atoms with Crippen molar-refractivity contribution in [2.75, 3.05) is 4.43 Å². The third kappa shape index (κ3) is 3.55. The van der Waals surface area contributed by atoms with Gasteiger partial charge >= 0.3 is 0 Å². The number of hydrogen-bond acceptors (Lipinski definition) is 1. The minimum Gasteiger partial charge on any atom is -0.296 e. The lowest BCUT2D eigenvalue weighted by atomic mass is 10.5. The molecule has 0 heterocycles. The molecular weight excluding hydrogens is 250 g/mol. The van der Waals surface area contributed by atoms with Crippen LogP contribution in [0.1, 0.15) is 0 Å². The molecule has 0 aliphatic carbocycles. The van der Waals surface area contributed by atoms with E-state index in [1.807, 2.05) is 22.6 Å². The Morgan fingerprint density at radius 2 is 2.14 bits per heavy atom. The van der Waals surface area contributed by atoms with Crippen molar-refractivity contribution in [2.24, 2.45) is 0 Å². The van der Waals surface area contributed by atoms with Crippen LogP contribution in [0.25, 0.3) is 0 Å². The molecule has 0 rings (SSSR count). The number of ketones is 1. The zero-order valence-corrected chi connectivity index (χ0v) is 7.00. The van der Waals surface area contributed by atoms with Crippen LogP contribution in [0.4, 0.5) is 0 Å². The van der Waals surface area contributed by atoms with Gasteiger partial charge in [0.05, 0.1) is 4.43 Å². The molecule has 42 valence electrons. The molecule has 0 fully saturated rings. The number of alkyl halides is 3. The first-order chi connectivity index (χ1) is 3.18. The number of rotatable bonds is 2. The average Bonchev–Trinajstić information content (AvgIpc) is 1.65. The monoisotopic (exact) mass is 252 g/mol. The molecule has 0 saturated heterocycles. The maximum atomic E-state index is 10.2. The van der Waals surface area contributed by atoms with E-state index in [4.69, 9.17) is 23.2 Å². The van der Waals surface area contributed by atoms with Gasteiger partial charge in [0.25, 0.3) is 0 Å². The van der Waals surface area contributed by atoms with Gasteiger partial charge in [-0.3, -0.25) is 4.79 Å². The maximum absolute atomic E-state index is 10.2. The van der Waals surface area contributed by atoms with E-state index in [9.17, 15) is 4.79 Å². The summed E-state index contributed by atoms with van der Waals surface area (Å²) < 4.78 is 0.384. The van der Waals surface area contributed by atoms with Gasteiger partial charge in [-0.05, 0) is 0 Å². The third-order valence-electron chi connectivity index (χ3n) is 0.375. The maximum Gasteiger partial charge on any atom is 0.175 e. The lowest BCUT2D eigenvalue weighted by Gasteiger charge is -1.90. The van der Waals surface area contributed by atoms with Crippen LogP contribution in [0.5, 0.6) is 0 Å². The summed E-state index contributed by atoms with van der Waals surface area (Å²) in [6, 6.07) is 0. The summed E-state index contributed by atoms with van der Waals surface area (Å²) in [6.45, 7) is 0. The Balaban J connectivity index is 3.35. The topological polar surface area (TPSA) is 17.1 Å². The first kappa shape index (κ1) is 7.98. The lowest BCUT2D eigenvalue weighted by Crippen LogP contribution is -2.07. The van der Waals surface area contributed by atoms with Crippen LogP contribution in [0.15, 0.2) is 0 Å². The number of halogens is 3. The van der Waals surface area contributed by atoms with E-state index in [0.29, 0.717) is 4.43 Å². The van der Waals surface area contributed by atoms with Crippen LogP contribution in [-0.2, 0) is 4.79 Å². The smallest absolute Gasteiger partial charge is 0.175 e. The SMILES string of the molecule is O=C(CI)C(Cl)Cl. The molecule has 0 aromatic carbocycles. The Hall–Kier alpha value is 0.980. The van der Waals surface area contributed by atoms with E-state index in [1.54, 1.807) is 0 Å². The van der Waals surface area contributed by atoms with Crippen molar-refractivity contribution >= 4 is 51.6 Å². The normalized spacial score (nSPS) is 9.71. The molecule has 0 N–H and O–H groups in total. The van der Waals surface area contributed by atoms with Gasteiger partial charge < -0.3 is 0 Å². The van der Waals surface area contributed by atoms with Crippen molar-refractivity contribution in [3.8, 4) is 0 Å². The summed E-state index contributed by atoms with van der Waals surface area (Å²) in [7, 11) is 0. The number of carbonyl (C=O) groups is 1. The highest BCUT2D eigenvalue weighted by atomic mass is 127. The van der Waals surface area contributed by atoms with Gasteiger partial charge in [0.15, 0.2) is 10.6 Å². The van der Waals surface area contributed by atoms with Gasteiger partial charge in [-0.25, -0.2) is 0 Å². The van der Waals surface area contributed by atoms with Crippen molar-refractivity contribution in [2.45, 2.75) is 4.84 Å². The standard InChI is InChI=1S/C3H3Cl2IO/c4-3(5)2(7)1-6/h3H,1H2. The lowest BCUT2D eigenvalue weighted by molar-refractivity contribution is -0.114. The van der Waals surface area contributed by atoms with Crippen LogP contribution in [0.3, 0.4) is 0 Å². The molecule has 0 aromatic heterocycles. The van der Waals surface area contributed by atoms with Crippen LogP contribution >= 0.6 is 45.8 Å². The van der Waals surface area contributed by atoms with E-state index >= 15 is 0 Å². The van der Waals surface area contributed by atoms with Crippen molar-refractivity contribution < 1.29 is 4.79 Å². The largest absolute Gasteiger partial charge is 0.296 e. The molecule has 1 nitrogen and oxygen atoms in total.